The van der Waals surface area contributed by atoms with Crippen molar-refractivity contribution in [2.45, 2.75) is 13.0 Å². The van der Waals surface area contributed by atoms with Gasteiger partial charge < -0.3 is 5.73 Å². The van der Waals surface area contributed by atoms with E-state index in [9.17, 15) is 0 Å². The van der Waals surface area contributed by atoms with Crippen molar-refractivity contribution in [1.29, 1.82) is 0 Å². The van der Waals surface area contributed by atoms with Crippen LogP contribution in [0.2, 0.25) is 0 Å². The van der Waals surface area contributed by atoms with Crippen molar-refractivity contribution in [3.63, 3.8) is 0 Å². The van der Waals surface area contributed by atoms with Gasteiger partial charge in [-0.2, -0.15) is 0 Å². The molecule has 0 aliphatic rings. The maximum absolute atomic E-state index is 6.07. The second-order valence-corrected chi connectivity index (χ2v) is 3.29. The fraction of sp³-hybridized carbons (Fsp3) is 0.182. The topological polar surface area (TPSA) is 64.7 Å². The van der Waals surface area contributed by atoms with Crippen LogP contribution in [0.1, 0.15) is 23.0 Å². The summed E-state index contributed by atoms with van der Waals surface area (Å²) in [6.07, 6.45) is 6.70. The summed E-state index contributed by atoms with van der Waals surface area (Å²) >= 11 is 0. The van der Waals surface area contributed by atoms with Crippen LogP contribution in [-0.4, -0.2) is 15.0 Å². The number of pyridine rings is 1. The van der Waals surface area contributed by atoms with Crippen molar-refractivity contribution in [2.24, 2.45) is 5.73 Å². The lowest BCUT2D eigenvalue weighted by molar-refractivity contribution is 0.802. The molecule has 2 aromatic heterocycles. The van der Waals surface area contributed by atoms with Gasteiger partial charge >= 0.3 is 0 Å². The van der Waals surface area contributed by atoms with E-state index >= 15 is 0 Å². The number of rotatable bonds is 2. The lowest BCUT2D eigenvalue weighted by atomic mass is 10.0. The molecule has 0 aromatic carbocycles. The first-order valence-electron chi connectivity index (χ1n) is 4.72. The van der Waals surface area contributed by atoms with Crippen LogP contribution in [0, 0.1) is 6.92 Å². The Morgan fingerprint density at radius 2 is 2.07 bits per heavy atom. The van der Waals surface area contributed by atoms with Crippen LogP contribution in [0.3, 0.4) is 0 Å². The molecular formula is C11H12N4. The highest BCUT2D eigenvalue weighted by atomic mass is 14.8. The van der Waals surface area contributed by atoms with Gasteiger partial charge in [-0.15, -0.1) is 0 Å². The van der Waals surface area contributed by atoms with Crippen molar-refractivity contribution in [3.8, 4) is 0 Å². The van der Waals surface area contributed by atoms with Gasteiger partial charge in [0.1, 0.15) is 0 Å². The Bertz CT molecular complexity index is 441. The molecule has 0 fully saturated rings. The van der Waals surface area contributed by atoms with Gasteiger partial charge in [0.25, 0.3) is 0 Å². The molecule has 0 spiro atoms. The predicted octanol–water partition coefficient (Wildman–Crippen LogP) is 1.23. The quantitative estimate of drug-likeness (QED) is 0.791. The third-order valence-electron chi connectivity index (χ3n) is 2.28. The standard InChI is InChI=1S/C11H12N4/c1-8-9(3-2-4-14-8)11(12)10-7-13-5-6-15-10/h2-7,11H,12H2,1H3. The van der Waals surface area contributed by atoms with Gasteiger partial charge in [0, 0.05) is 24.3 Å². The molecule has 1 unspecified atom stereocenters. The predicted molar refractivity (Wildman–Crippen MR) is 57.0 cm³/mol. The Balaban J connectivity index is 2.37. The molecule has 1 atom stereocenters. The first kappa shape index (κ1) is 9.73. The molecule has 15 heavy (non-hydrogen) atoms. The summed E-state index contributed by atoms with van der Waals surface area (Å²) in [5.41, 5.74) is 8.74. The van der Waals surface area contributed by atoms with Crippen molar-refractivity contribution in [1.82, 2.24) is 15.0 Å². The van der Waals surface area contributed by atoms with E-state index < -0.39 is 0 Å². The van der Waals surface area contributed by atoms with Gasteiger partial charge in [0.2, 0.25) is 0 Å². The minimum absolute atomic E-state index is 0.257. The molecule has 0 bridgehead atoms. The van der Waals surface area contributed by atoms with E-state index in [2.05, 4.69) is 15.0 Å². The summed E-state index contributed by atoms with van der Waals surface area (Å²) in [7, 11) is 0. The van der Waals surface area contributed by atoms with Crippen LogP contribution < -0.4 is 5.73 Å². The van der Waals surface area contributed by atoms with E-state index in [1.807, 2.05) is 19.1 Å². The van der Waals surface area contributed by atoms with Crippen molar-refractivity contribution < 1.29 is 0 Å². The summed E-state index contributed by atoms with van der Waals surface area (Å²) in [4.78, 5) is 12.4. The van der Waals surface area contributed by atoms with E-state index in [4.69, 9.17) is 5.73 Å². The third kappa shape index (κ3) is 1.99. The zero-order chi connectivity index (χ0) is 10.7. The molecule has 0 amide bonds. The molecule has 0 aliphatic heterocycles. The molecule has 4 heteroatoms. The first-order chi connectivity index (χ1) is 7.29. The zero-order valence-electron chi connectivity index (χ0n) is 8.46. The Hall–Kier alpha value is -1.81. The minimum atomic E-state index is -0.257. The number of hydrogen-bond acceptors (Lipinski definition) is 4. The smallest absolute Gasteiger partial charge is 0.0799 e. The molecule has 0 aliphatic carbocycles. The summed E-state index contributed by atoms with van der Waals surface area (Å²) in [5, 5.41) is 0. The summed E-state index contributed by atoms with van der Waals surface area (Å²) in [6.45, 7) is 1.94. The minimum Gasteiger partial charge on any atom is -0.319 e. The molecule has 0 radical (unpaired) electrons. The molecule has 2 heterocycles. The molecule has 4 nitrogen and oxygen atoms in total. The summed E-state index contributed by atoms with van der Waals surface area (Å²) in [6, 6.07) is 3.58. The molecular weight excluding hydrogens is 188 g/mol. The highest BCUT2D eigenvalue weighted by molar-refractivity contribution is 5.28. The number of nitrogens with zero attached hydrogens (tertiary/aromatic N) is 3. The lowest BCUT2D eigenvalue weighted by Crippen LogP contribution is -2.15. The van der Waals surface area contributed by atoms with E-state index in [1.165, 1.54) is 0 Å². The van der Waals surface area contributed by atoms with Crippen LogP contribution in [0.25, 0.3) is 0 Å². The molecule has 0 saturated heterocycles. The first-order valence-corrected chi connectivity index (χ1v) is 4.72. The van der Waals surface area contributed by atoms with Crippen molar-refractivity contribution in [3.05, 3.63) is 53.9 Å². The number of nitrogens with two attached hydrogens (primary N) is 1. The number of aryl methyl sites for hydroxylation is 1. The zero-order valence-corrected chi connectivity index (χ0v) is 8.46. The normalized spacial score (nSPS) is 12.4. The number of hydrogen-bond donors (Lipinski definition) is 1. The van der Waals surface area contributed by atoms with Crippen LogP contribution in [-0.2, 0) is 0 Å². The Kier molecular flexibility index (Phi) is 2.69. The molecule has 2 rings (SSSR count). The van der Waals surface area contributed by atoms with Crippen molar-refractivity contribution in [2.75, 3.05) is 0 Å². The van der Waals surface area contributed by atoms with Crippen LogP contribution in [0.4, 0.5) is 0 Å². The van der Waals surface area contributed by atoms with Gasteiger partial charge in [0.05, 0.1) is 17.9 Å². The fourth-order valence-corrected chi connectivity index (χ4v) is 1.46. The third-order valence-corrected chi connectivity index (χ3v) is 2.28. The highest BCUT2D eigenvalue weighted by Crippen LogP contribution is 2.18. The molecule has 0 saturated carbocycles. The number of aromatic nitrogens is 3. The SMILES string of the molecule is Cc1ncccc1C(N)c1cnccn1. The second-order valence-electron chi connectivity index (χ2n) is 3.29. The van der Waals surface area contributed by atoms with E-state index in [0.29, 0.717) is 0 Å². The lowest BCUT2D eigenvalue weighted by Gasteiger charge is -2.12. The second kappa shape index (κ2) is 4.14. The van der Waals surface area contributed by atoms with Gasteiger partial charge in [0.15, 0.2) is 0 Å². The monoisotopic (exact) mass is 200 g/mol. The van der Waals surface area contributed by atoms with E-state index in [-0.39, 0.29) is 6.04 Å². The van der Waals surface area contributed by atoms with Crippen LogP contribution in [0.5, 0.6) is 0 Å². The fourth-order valence-electron chi connectivity index (χ4n) is 1.46. The Labute approximate surface area is 88.2 Å². The van der Waals surface area contributed by atoms with E-state index in [1.54, 1.807) is 24.8 Å². The summed E-state index contributed by atoms with van der Waals surface area (Å²) < 4.78 is 0. The van der Waals surface area contributed by atoms with E-state index in [0.717, 1.165) is 17.0 Å². The van der Waals surface area contributed by atoms with Crippen LogP contribution in [0.15, 0.2) is 36.9 Å². The average Bonchev–Trinajstić information content (AvgIpc) is 2.30. The largest absolute Gasteiger partial charge is 0.319 e. The Morgan fingerprint density at radius 1 is 1.20 bits per heavy atom. The van der Waals surface area contributed by atoms with Gasteiger partial charge in [-0.1, -0.05) is 6.07 Å². The van der Waals surface area contributed by atoms with Gasteiger partial charge in [-0.25, -0.2) is 0 Å². The van der Waals surface area contributed by atoms with Crippen LogP contribution >= 0.6 is 0 Å². The maximum Gasteiger partial charge on any atom is 0.0799 e. The maximum atomic E-state index is 6.07. The molecule has 76 valence electrons. The van der Waals surface area contributed by atoms with Gasteiger partial charge in [-0.3, -0.25) is 15.0 Å². The Morgan fingerprint density at radius 3 is 2.73 bits per heavy atom. The van der Waals surface area contributed by atoms with Gasteiger partial charge in [-0.05, 0) is 18.6 Å². The summed E-state index contributed by atoms with van der Waals surface area (Å²) in [5.74, 6) is 0. The average molecular weight is 200 g/mol. The molecule has 2 aromatic rings. The molecule has 2 N–H and O–H groups in total. The highest BCUT2D eigenvalue weighted by Gasteiger charge is 2.12. The van der Waals surface area contributed by atoms with Crippen molar-refractivity contribution >= 4 is 0 Å².